The summed E-state index contributed by atoms with van der Waals surface area (Å²) in [6.07, 6.45) is 4.42. The Morgan fingerprint density at radius 2 is 1.83 bits per heavy atom. The minimum atomic E-state index is -0.258. The van der Waals surface area contributed by atoms with E-state index in [-0.39, 0.29) is 11.7 Å². The van der Waals surface area contributed by atoms with Gasteiger partial charge in [-0.15, -0.1) is 0 Å². The highest BCUT2D eigenvalue weighted by molar-refractivity contribution is 5.76. The van der Waals surface area contributed by atoms with Crippen LogP contribution in [0.25, 0.3) is 0 Å². The second kappa shape index (κ2) is 7.17. The van der Waals surface area contributed by atoms with Gasteiger partial charge in [0.1, 0.15) is 5.82 Å². The molecule has 6 heteroatoms. The third-order valence-corrected chi connectivity index (χ3v) is 3.98. The van der Waals surface area contributed by atoms with Gasteiger partial charge in [-0.1, -0.05) is 12.1 Å². The first-order valence-corrected chi connectivity index (χ1v) is 7.76. The zero-order valence-electron chi connectivity index (χ0n) is 12.9. The fourth-order valence-electron chi connectivity index (χ4n) is 2.71. The number of rotatable bonds is 4. The number of benzene rings is 1. The molecular formula is C17H19FN4O. The molecular weight excluding hydrogens is 295 g/mol. The van der Waals surface area contributed by atoms with Crippen LogP contribution in [-0.2, 0) is 11.2 Å². The molecule has 0 N–H and O–H groups in total. The van der Waals surface area contributed by atoms with Gasteiger partial charge in [0.05, 0.1) is 0 Å². The molecule has 0 bridgehead atoms. The molecule has 120 valence electrons. The maximum absolute atomic E-state index is 13.1. The molecule has 1 aromatic heterocycles. The van der Waals surface area contributed by atoms with Gasteiger partial charge >= 0.3 is 0 Å². The molecule has 3 rings (SSSR count). The minimum absolute atomic E-state index is 0.114. The van der Waals surface area contributed by atoms with E-state index in [1.807, 2.05) is 11.0 Å². The summed E-state index contributed by atoms with van der Waals surface area (Å²) in [6.45, 7) is 2.80. The summed E-state index contributed by atoms with van der Waals surface area (Å²) in [5.41, 5.74) is 0.856. The highest BCUT2D eigenvalue weighted by Crippen LogP contribution is 2.12. The van der Waals surface area contributed by atoms with Crippen molar-refractivity contribution in [2.24, 2.45) is 0 Å². The van der Waals surface area contributed by atoms with E-state index in [0.29, 0.717) is 31.9 Å². The van der Waals surface area contributed by atoms with Crippen molar-refractivity contribution in [2.75, 3.05) is 31.1 Å². The van der Waals surface area contributed by atoms with Gasteiger partial charge < -0.3 is 9.80 Å². The number of halogens is 1. The molecule has 0 aliphatic carbocycles. The Bertz CT molecular complexity index is 657. The quantitative estimate of drug-likeness (QED) is 0.865. The molecule has 0 atom stereocenters. The zero-order valence-corrected chi connectivity index (χ0v) is 12.9. The van der Waals surface area contributed by atoms with Crippen LogP contribution in [-0.4, -0.2) is 47.0 Å². The van der Waals surface area contributed by atoms with E-state index in [4.69, 9.17) is 0 Å². The van der Waals surface area contributed by atoms with Crippen LogP contribution in [0.3, 0.4) is 0 Å². The van der Waals surface area contributed by atoms with E-state index < -0.39 is 0 Å². The third kappa shape index (κ3) is 4.03. The van der Waals surface area contributed by atoms with Gasteiger partial charge in [-0.05, 0) is 30.2 Å². The van der Waals surface area contributed by atoms with E-state index in [1.54, 1.807) is 24.5 Å². The van der Waals surface area contributed by atoms with Crippen molar-refractivity contribution in [3.8, 4) is 0 Å². The molecule has 1 amide bonds. The Hall–Kier alpha value is -2.50. The Balaban J connectivity index is 1.48. The summed E-state index contributed by atoms with van der Waals surface area (Å²) in [7, 11) is 0. The first-order valence-electron chi connectivity index (χ1n) is 7.76. The van der Waals surface area contributed by atoms with Crippen LogP contribution in [0, 0.1) is 5.82 Å². The highest BCUT2D eigenvalue weighted by Gasteiger charge is 2.22. The normalized spacial score (nSPS) is 14.8. The Morgan fingerprint density at radius 1 is 1.09 bits per heavy atom. The molecule has 0 saturated carbocycles. The molecule has 0 unspecified atom stereocenters. The average Bonchev–Trinajstić information content (AvgIpc) is 2.61. The molecule has 2 heterocycles. The second-order valence-corrected chi connectivity index (χ2v) is 5.55. The lowest BCUT2D eigenvalue weighted by atomic mass is 10.1. The van der Waals surface area contributed by atoms with Gasteiger partial charge in [0.15, 0.2) is 0 Å². The van der Waals surface area contributed by atoms with Gasteiger partial charge in [0, 0.05) is 45.0 Å². The van der Waals surface area contributed by atoms with E-state index in [1.165, 1.54) is 12.1 Å². The lowest BCUT2D eigenvalue weighted by Crippen LogP contribution is -2.49. The van der Waals surface area contributed by atoms with Crippen LogP contribution in [0.4, 0.5) is 10.3 Å². The number of nitrogens with zero attached hydrogens (tertiary/aromatic N) is 4. The Morgan fingerprint density at radius 3 is 2.52 bits per heavy atom. The topological polar surface area (TPSA) is 49.3 Å². The fraction of sp³-hybridized carbons (Fsp3) is 0.353. The molecule has 1 fully saturated rings. The second-order valence-electron chi connectivity index (χ2n) is 5.55. The number of carbonyl (C=O) groups is 1. The predicted molar refractivity (Wildman–Crippen MR) is 85.5 cm³/mol. The standard InChI is InChI=1S/C17H19FN4O/c18-15-4-1-3-14(13-15)5-6-16(23)21-9-11-22(12-10-21)17-19-7-2-8-20-17/h1-4,7-8,13H,5-6,9-12H2. The average molecular weight is 314 g/mol. The van der Waals surface area contributed by atoms with E-state index >= 15 is 0 Å². The van der Waals surface area contributed by atoms with Crippen molar-refractivity contribution in [2.45, 2.75) is 12.8 Å². The summed E-state index contributed by atoms with van der Waals surface area (Å²) in [4.78, 5) is 24.7. The molecule has 0 radical (unpaired) electrons. The molecule has 23 heavy (non-hydrogen) atoms. The lowest BCUT2D eigenvalue weighted by Gasteiger charge is -2.34. The van der Waals surface area contributed by atoms with Crippen molar-refractivity contribution >= 4 is 11.9 Å². The predicted octanol–water partition coefficient (Wildman–Crippen LogP) is 1.90. The minimum Gasteiger partial charge on any atom is -0.339 e. The van der Waals surface area contributed by atoms with Crippen molar-refractivity contribution in [3.05, 3.63) is 54.1 Å². The monoisotopic (exact) mass is 314 g/mol. The number of aromatic nitrogens is 2. The first-order chi connectivity index (χ1) is 11.2. The summed E-state index contributed by atoms with van der Waals surface area (Å²) in [6, 6.07) is 8.21. The number of aryl methyl sites for hydroxylation is 1. The smallest absolute Gasteiger partial charge is 0.225 e. The summed E-state index contributed by atoms with van der Waals surface area (Å²) >= 11 is 0. The SMILES string of the molecule is O=C(CCc1cccc(F)c1)N1CCN(c2ncccn2)CC1. The summed E-state index contributed by atoms with van der Waals surface area (Å²) < 4.78 is 13.1. The largest absolute Gasteiger partial charge is 0.339 e. The maximum atomic E-state index is 13.1. The van der Waals surface area contributed by atoms with Crippen LogP contribution >= 0.6 is 0 Å². The van der Waals surface area contributed by atoms with Crippen molar-refractivity contribution in [3.63, 3.8) is 0 Å². The fourth-order valence-corrected chi connectivity index (χ4v) is 2.71. The van der Waals surface area contributed by atoms with Crippen LogP contribution in [0.5, 0.6) is 0 Å². The first kappa shape index (κ1) is 15.4. The lowest BCUT2D eigenvalue weighted by molar-refractivity contribution is -0.131. The van der Waals surface area contributed by atoms with Crippen molar-refractivity contribution in [1.29, 1.82) is 0 Å². The van der Waals surface area contributed by atoms with E-state index in [2.05, 4.69) is 14.9 Å². The summed E-state index contributed by atoms with van der Waals surface area (Å²) in [5, 5.41) is 0. The van der Waals surface area contributed by atoms with Crippen LogP contribution in [0.2, 0.25) is 0 Å². The third-order valence-electron chi connectivity index (χ3n) is 3.98. The Kier molecular flexibility index (Phi) is 4.80. The van der Waals surface area contributed by atoms with E-state index in [9.17, 15) is 9.18 Å². The van der Waals surface area contributed by atoms with Crippen LogP contribution in [0.15, 0.2) is 42.7 Å². The number of amides is 1. The van der Waals surface area contributed by atoms with Gasteiger partial charge in [-0.2, -0.15) is 0 Å². The molecule has 1 saturated heterocycles. The number of carbonyl (C=O) groups excluding carboxylic acids is 1. The molecule has 1 aliphatic heterocycles. The van der Waals surface area contributed by atoms with Crippen molar-refractivity contribution in [1.82, 2.24) is 14.9 Å². The summed E-state index contributed by atoms with van der Waals surface area (Å²) in [5.74, 6) is 0.564. The number of anilines is 1. The molecule has 0 spiro atoms. The van der Waals surface area contributed by atoms with Gasteiger partial charge in [0.2, 0.25) is 11.9 Å². The number of piperazine rings is 1. The van der Waals surface area contributed by atoms with Crippen molar-refractivity contribution < 1.29 is 9.18 Å². The zero-order chi connectivity index (χ0) is 16.1. The maximum Gasteiger partial charge on any atom is 0.225 e. The molecule has 1 aliphatic rings. The van der Waals surface area contributed by atoms with Gasteiger partial charge in [-0.25, -0.2) is 14.4 Å². The van der Waals surface area contributed by atoms with E-state index in [0.717, 1.165) is 18.7 Å². The Labute approximate surface area is 134 Å². The van der Waals surface area contributed by atoms with Crippen LogP contribution < -0.4 is 4.90 Å². The highest BCUT2D eigenvalue weighted by atomic mass is 19.1. The van der Waals surface area contributed by atoms with Gasteiger partial charge in [-0.3, -0.25) is 4.79 Å². The molecule has 1 aromatic carbocycles. The molecule has 5 nitrogen and oxygen atoms in total. The molecule has 2 aromatic rings. The van der Waals surface area contributed by atoms with Crippen LogP contribution in [0.1, 0.15) is 12.0 Å². The number of hydrogen-bond donors (Lipinski definition) is 0. The number of hydrogen-bond acceptors (Lipinski definition) is 4. The van der Waals surface area contributed by atoms with Gasteiger partial charge in [0.25, 0.3) is 0 Å².